The highest BCUT2D eigenvalue weighted by atomic mass is 15.3. The highest BCUT2D eigenvalue weighted by Crippen LogP contribution is 2.28. The Kier molecular flexibility index (Phi) is 4.20. The number of hydrogen-bond donors (Lipinski definition) is 1. The van der Waals surface area contributed by atoms with Gasteiger partial charge in [0.25, 0.3) is 0 Å². The van der Waals surface area contributed by atoms with Gasteiger partial charge >= 0.3 is 0 Å². The van der Waals surface area contributed by atoms with Crippen LogP contribution in [0.25, 0.3) is 11.0 Å². The van der Waals surface area contributed by atoms with Gasteiger partial charge < -0.3 is 5.32 Å². The molecule has 0 atom stereocenters. The predicted molar refractivity (Wildman–Crippen MR) is 98.1 cm³/mol. The number of benzene rings is 1. The fourth-order valence-electron chi connectivity index (χ4n) is 3.60. The molecule has 2 aromatic heterocycles. The van der Waals surface area contributed by atoms with Gasteiger partial charge in [0, 0.05) is 17.9 Å². The second-order valence-electron chi connectivity index (χ2n) is 6.98. The quantitative estimate of drug-likeness (QED) is 0.771. The second-order valence-corrected chi connectivity index (χ2v) is 6.98. The van der Waals surface area contributed by atoms with Gasteiger partial charge in [0.2, 0.25) is 0 Å². The van der Waals surface area contributed by atoms with E-state index in [-0.39, 0.29) is 0 Å². The Labute approximate surface area is 142 Å². The van der Waals surface area contributed by atoms with Gasteiger partial charge in [-0.15, -0.1) is 0 Å². The van der Waals surface area contributed by atoms with Crippen LogP contribution in [0.3, 0.4) is 0 Å². The lowest BCUT2D eigenvalue weighted by Gasteiger charge is -2.27. The second kappa shape index (κ2) is 6.63. The first-order valence-corrected chi connectivity index (χ1v) is 8.90. The Morgan fingerprint density at radius 3 is 2.67 bits per heavy atom. The lowest BCUT2D eigenvalue weighted by molar-refractivity contribution is 0.361. The largest absolute Gasteiger partial charge is 0.382 e. The number of aromatic nitrogens is 3. The van der Waals surface area contributed by atoms with Crippen molar-refractivity contribution in [3.8, 4) is 0 Å². The van der Waals surface area contributed by atoms with Crippen molar-refractivity contribution in [3.63, 3.8) is 0 Å². The van der Waals surface area contributed by atoms with Crippen LogP contribution in [0.5, 0.6) is 0 Å². The maximum Gasteiger partial charge on any atom is 0.160 e. The van der Waals surface area contributed by atoms with E-state index < -0.39 is 0 Å². The number of nitrogens with one attached hydrogen (secondary N) is 1. The van der Waals surface area contributed by atoms with Crippen molar-refractivity contribution in [2.24, 2.45) is 5.92 Å². The average Bonchev–Trinajstić information content (AvgIpc) is 3.02. The van der Waals surface area contributed by atoms with Crippen LogP contribution in [-0.4, -0.2) is 20.8 Å². The molecule has 4 rings (SSSR count). The molecule has 2 heterocycles. The fourth-order valence-corrected chi connectivity index (χ4v) is 3.60. The Morgan fingerprint density at radius 1 is 1.08 bits per heavy atom. The zero-order valence-corrected chi connectivity index (χ0v) is 14.2. The summed E-state index contributed by atoms with van der Waals surface area (Å²) in [5.41, 5.74) is 3.36. The number of pyridine rings is 1. The van der Waals surface area contributed by atoms with E-state index in [2.05, 4.69) is 52.7 Å². The Balaban J connectivity index is 1.57. The molecule has 0 saturated heterocycles. The molecule has 1 saturated carbocycles. The van der Waals surface area contributed by atoms with Gasteiger partial charge in [-0.1, -0.05) is 37.3 Å². The van der Waals surface area contributed by atoms with E-state index in [0.717, 1.165) is 23.5 Å². The zero-order chi connectivity index (χ0) is 16.4. The molecule has 0 unspecified atom stereocenters. The van der Waals surface area contributed by atoms with E-state index in [1.165, 1.54) is 36.9 Å². The van der Waals surface area contributed by atoms with E-state index in [1.54, 1.807) is 0 Å². The minimum Gasteiger partial charge on any atom is -0.382 e. The Morgan fingerprint density at radius 2 is 1.88 bits per heavy atom. The van der Waals surface area contributed by atoms with Crippen molar-refractivity contribution in [3.05, 3.63) is 54.4 Å². The minimum absolute atomic E-state index is 0.573. The normalized spacial score (nSPS) is 21.0. The SMILES string of the molecule is C[C@H]1CC[C@H](Nc2ccnc3c2cnn3Cc2ccccc2)CC1. The topological polar surface area (TPSA) is 42.7 Å². The van der Waals surface area contributed by atoms with Gasteiger partial charge in [0.1, 0.15) is 0 Å². The summed E-state index contributed by atoms with van der Waals surface area (Å²) in [6.07, 6.45) is 8.98. The predicted octanol–water partition coefficient (Wildman–Crippen LogP) is 4.47. The maximum atomic E-state index is 4.57. The van der Waals surface area contributed by atoms with Gasteiger partial charge in [0.05, 0.1) is 18.1 Å². The van der Waals surface area contributed by atoms with Crippen LogP contribution in [0.2, 0.25) is 0 Å². The van der Waals surface area contributed by atoms with Gasteiger partial charge in [-0.25, -0.2) is 9.67 Å². The zero-order valence-electron chi connectivity index (χ0n) is 14.2. The van der Waals surface area contributed by atoms with Crippen molar-refractivity contribution < 1.29 is 0 Å². The highest BCUT2D eigenvalue weighted by Gasteiger charge is 2.19. The van der Waals surface area contributed by atoms with Crippen molar-refractivity contribution in [2.45, 2.75) is 45.2 Å². The van der Waals surface area contributed by atoms with Crippen LogP contribution in [0.15, 0.2) is 48.8 Å². The molecular weight excluding hydrogens is 296 g/mol. The molecule has 4 nitrogen and oxygen atoms in total. The molecule has 0 radical (unpaired) electrons. The molecule has 0 spiro atoms. The summed E-state index contributed by atoms with van der Waals surface area (Å²) in [7, 11) is 0. The molecule has 1 N–H and O–H groups in total. The molecule has 1 aromatic carbocycles. The van der Waals surface area contributed by atoms with Gasteiger partial charge in [-0.2, -0.15) is 5.10 Å². The third-order valence-electron chi connectivity index (χ3n) is 5.09. The lowest BCUT2D eigenvalue weighted by atomic mass is 9.87. The number of fused-ring (bicyclic) bond motifs is 1. The van der Waals surface area contributed by atoms with Gasteiger partial charge in [-0.3, -0.25) is 0 Å². The third-order valence-corrected chi connectivity index (χ3v) is 5.09. The molecule has 24 heavy (non-hydrogen) atoms. The Bertz CT molecular complexity index is 801. The molecule has 3 aromatic rings. The lowest BCUT2D eigenvalue weighted by Crippen LogP contribution is -2.25. The maximum absolute atomic E-state index is 4.57. The molecule has 124 valence electrons. The molecule has 1 aliphatic rings. The minimum atomic E-state index is 0.573. The molecule has 0 amide bonds. The van der Waals surface area contributed by atoms with Crippen molar-refractivity contribution in [1.82, 2.24) is 14.8 Å². The molecule has 4 heteroatoms. The molecule has 0 bridgehead atoms. The number of rotatable bonds is 4. The first-order valence-electron chi connectivity index (χ1n) is 8.90. The monoisotopic (exact) mass is 320 g/mol. The van der Waals surface area contributed by atoms with E-state index in [0.29, 0.717) is 6.04 Å². The first-order chi connectivity index (χ1) is 11.8. The number of hydrogen-bond acceptors (Lipinski definition) is 3. The third kappa shape index (κ3) is 3.14. The van der Waals surface area contributed by atoms with Crippen LogP contribution in [-0.2, 0) is 6.54 Å². The van der Waals surface area contributed by atoms with Crippen LogP contribution < -0.4 is 5.32 Å². The van der Waals surface area contributed by atoms with E-state index in [4.69, 9.17) is 0 Å². The van der Waals surface area contributed by atoms with Gasteiger partial charge in [-0.05, 0) is 43.2 Å². The number of anilines is 1. The van der Waals surface area contributed by atoms with Crippen molar-refractivity contribution >= 4 is 16.7 Å². The van der Waals surface area contributed by atoms with Crippen LogP contribution in [0, 0.1) is 5.92 Å². The summed E-state index contributed by atoms with van der Waals surface area (Å²) in [4.78, 5) is 4.56. The summed E-state index contributed by atoms with van der Waals surface area (Å²) in [5, 5.41) is 9.42. The molecular formula is C20H24N4. The summed E-state index contributed by atoms with van der Waals surface area (Å²) in [6.45, 7) is 3.11. The summed E-state index contributed by atoms with van der Waals surface area (Å²) < 4.78 is 1.98. The molecule has 1 fully saturated rings. The fraction of sp³-hybridized carbons (Fsp3) is 0.400. The van der Waals surface area contributed by atoms with E-state index in [9.17, 15) is 0 Å². The van der Waals surface area contributed by atoms with Crippen LogP contribution in [0.1, 0.15) is 38.2 Å². The molecule has 0 aliphatic heterocycles. The van der Waals surface area contributed by atoms with Crippen molar-refractivity contribution in [2.75, 3.05) is 5.32 Å². The molecule has 1 aliphatic carbocycles. The van der Waals surface area contributed by atoms with E-state index >= 15 is 0 Å². The van der Waals surface area contributed by atoms with E-state index in [1.807, 2.05) is 23.1 Å². The summed E-state index contributed by atoms with van der Waals surface area (Å²) in [5.74, 6) is 0.870. The Hall–Kier alpha value is -2.36. The average molecular weight is 320 g/mol. The van der Waals surface area contributed by atoms with Crippen LogP contribution in [0.4, 0.5) is 5.69 Å². The van der Waals surface area contributed by atoms with Crippen LogP contribution >= 0.6 is 0 Å². The number of nitrogens with zero attached hydrogens (tertiary/aromatic N) is 3. The van der Waals surface area contributed by atoms with Crippen molar-refractivity contribution in [1.29, 1.82) is 0 Å². The summed E-state index contributed by atoms with van der Waals surface area (Å²) in [6, 6.07) is 13.1. The van der Waals surface area contributed by atoms with Gasteiger partial charge in [0.15, 0.2) is 5.65 Å². The first kappa shape index (κ1) is 15.2. The summed E-state index contributed by atoms with van der Waals surface area (Å²) >= 11 is 0. The highest BCUT2D eigenvalue weighted by molar-refractivity contribution is 5.88. The smallest absolute Gasteiger partial charge is 0.160 e. The standard InChI is InChI=1S/C20H24N4/c1-15-7-9-17(10-8-15)23-19-11-12-21-20-18(19)13-22-24(20)14-16-5-3-2-4-6-16/h2-6,11-13,15,17H,7-10,14H2,1H3,(H,21,23)/t15-,17-.